The molecule has 0 aliphatic rings. The van der Waals surface area contributed by atoms with E-state index >= 15 is 0 Å². The molecule has 0 aromatic rings. The van der Waals surface area contributed by atoms with Gasteiger partial charge in [0, 0.05) is 6.92 Å². The summed E-state index contributed by atoms with van der Waals surface area (Å²) in [5.74, 6) is 0. The Hall–Kier alpha value is -0.340. The third kappa shape index (κ3) is 2.37. The van der Waals surface area contributed by atoms with Crippen LogP contribution in [-0.2, 0) is 0 Å². The molecule has 0 aromatic carbocycles. The predicted octanol–water partition coefficient (Wildman–Crippen LogP) is -0.0774. The van der Waals surface area contributed by atoms with Crippen LogP contribution >= 0.6 is 0 Å². The minimum atomic E-state index is 0.155. The highest BCUT2D eigenvalue weighted by atomic mass is 16.5. The quantitative estimate of drug-likeness (QED) is 0.460. The van der Waals surface area contributed by atoms with Crippen molar-refractivity contribution in [1.29, 1.82) is 0 Å². The third-order valence-electron chi connectivity index (χ3n) is 0.988. The first-order chi connectivity index (χ1) is 3.18. The molecule has 0 aromatic heterocycles. The Labute approximate surface area is 44.0 Å². The van der Waals surface area contributed by atoms with Crippen LogP contribution in [0.1, 0.15) is 13.8 Å². The van der Waals surface area contributed by atoms with Gasteiger partial charge in [-0.2, -0.15) is 0 Å². The Kier molecular flexibility index (Phi) is 2.64. The smallest absolute Gasteiger partial charge is 0.0994 e. The van der Waals surface area contributed by atoms with Crippen molar-refractivity contribution in [3.8, 4) is 0 Å². The van der Waals surface area contributed by atoms with Gasteiger partial charge in [-0.1, -0.05) is 0 Å². The number of quaternary nitrogens is 1. The first-order valence-electron chi connectivity index (χ1n) is 2.32. The van der Waals surface area contributed by atoms with Gasteiger partial charge in [-0.25, -0.2) is 0 Å². The van der Waals surface area contributed by atoms with Crippen LogP contribution in [0.2, 0.25) is 0 Å². The Balaban J connectivity index is 3.56. The predicted molar refractivity (Wildman–Crippen MR) is 29.7 cm³/mol. The first kappa shape index (κ1) is 6.66. The Morgan fingerprint density at radius 3 is 2.14 bits per heavy atom. The van der Waals surface area contributed by atoms with Crippen molar-refractivity contribution in [2.45, 2.75) is 13.8 Å². The highest BCUT2D eigenvalue weighted by Gasteiger charge is 1.84. The lowest BCUT2D eigenvalue weighted by Crippen LogP contribution is -3.01. The molecule has 2 heteroatoms. The van der Waals surface area contributed by atoms with Gasteiger partial charge in [-0.05, 0) is 13.0 Å². The average Bonchev–Trinajstić information content (AvgIpc) is 1.65. The normalized spacial score (nSPS) is 16.9. The summed E-state index contributed by atoms with van der Waals surface area (Å²) >= 11 is 0. The molecule has 1 N–H and O–H groups in total. The van der Waals surface area contributed by atoms with Gasteiger partial charge in [-0.15, -0.1) is 0 Å². The lowest BCUT2D eigenvalue weighted by atomic mass is 10.5. The van der Waals surface area contributed by atoms with E-state index in [0.717, 1.165) is 5.70 Å². The van der Waals surface area contributed by atoms with E-state index in [0.29, 0.717) is 0 Å². The average molecular weight is 101 g/mol. The maximum absolute atomic E-state index is 10.3. The fourth-order valence-corrected chi connectivity index (χ4v) is 0.203. The topological polar surface area (TPSA) is 27.5 Å². The fourth-order valence-electron chi connectivity index (χ4n) is 0.203. The number of rotatable bonds is 1. The van der Waals surface area contributed by atoms with E-state index in [9.17, 15) is 5.21 Å². The number of hydrogen-bond acceptors (Lipinski definition) is 1. The van der Waals surface area contributed by atoms with Crippen LogP contribution in [0.15, 0.2) is 11.8 Å². The molecule has 0 aliphatic heterocycles. The number of nitrogens with one attached hydrogen (secondary N) is 1. The summed E-state index contributed by atoms with van der Waals surface area (Å²) < 4.78 is 0. The number of hydroxylamine groups is 2. The molecule has 0 saturated heterocycles. The second kappa shape index (κ2) is 2.77. The SMILES string of the molecule is C/C=C(\C)[NH+](C)[O-]. The van der Waals surface area contributed by atoms with Gasteiger partial charge in [0.15, 0.2) is 0 Å². The molecule has 0 spiro atoms. The maximum Gasteiger partial charge on any atom is 0.0994 e. The number of allylic oxidation sites excluding steroid dienone is 2. The molecular weight excluding hydrogens is 90.1 g/mol. The first-order valence-corrected chi connectivity index (χ1v) is 2.32. The molecule has 42 valence electrons. The molecule has 0 heterocycles. The van der Waals surface area contributed by atoms with Crippen LogP contribution in [0, 0.1) is 5.21 Å². The summed E-state index contributed by atoms with van der Waals surface area (Å²) in [6.45, 7) is 3.67. The fraction of sp³-hybridized carbons (Fsp3) is 0.600. The van der Waals surface area contributed by atoms with Crippen LogP contribution in [0.5, 0.6) is 0 Å². The summed E-state index contributed by atoms with van der Waals surface area (Å²) in [4.78, 5) is 0. The van der Waals surface area contributed by atoms with Crippen molar-refractivity contribution in [3.63, 3.8) is 0 Å². The summed E-state index contributed by atoms with van der Waals surface area (Å²) in [5, 5.41) is 10.5. The second-order valence-corrected chi connectivity index (χ2v) is 1.53. The van der Waals surface area contributed by atoms with Crippen molar-refractivity contribution in [2.75, 3.05) is 7.05 Å². The van der Waals surface area contributed by atoms with Crippen molar-refractivity contribution < 1.29 is 5.06 Å². The van der Waals surface area contributed by atoms with E-state index in [-0.39, 0.29) is 5.06 Å². The molecule has 0 amide bonds. The van der Waals surface area contributed by atoms with Gasteiger partial charge in [0.05, 0.1) is 12.7 Å². The Morgan fingerprint density at radius 1 is 1.71 bits per heavy atom. The highest BCUT2D eigenvalue weighted by molar-refractivity contribution is 4.81. The molecule has 1 atom stereocenters. The Morgan fingerprint density at radius 2 is 2.14 bits per heavy atom. The number of hydrogen-bond donors (Lipinski definition) is 1. The second-order valence-electron chi connectivity index (χ2n) is 1.53. The zero-order chi connectivity index (χ0) is 5.86. The van der Waals surface area contributed by atoms with Gasteiger partial charge >= 0.3 is 0 Å². The van der Waals surface area contributed by atoms with E-state index in [1.165, 1.54) is 0 Å². The van der Waals surface area contributed by atoms with Crippen molar-refractivity contribution in [3.05, 3.63) is 17.0 Å². The van der Waals surface area contributed by atoms with E-state index in [1.807, 2.05) is 19.9 Å². The maximum atomic E-state index is 10.3. The molecule has 0 rings (SSSR count). The molecule has 1 unspecified atom stereocenters. The van der Waals surface area contributed by atoms with E-state index in [4.69, 9.17) is 0 Å². The van der Waals surface area contributed by atoms with Gasteiger partial charge in [0.2, 0.25) is 0 Å². The largest absolute Gasteiger partial charge is 0.629 e. The van der Waals surface area contributed by atoms with Gasteiger partial charge < -0.3 is 10.3 Å². The molecule has 0 aliphatic carbocycles. The zero-order valence-corrected chi connectivity index (χ0v) is 4.99. The van der Waals surface area contributed by atoms with Crippen LogP contribution < -0.4 is 5.06 Å². The standard InChI is InChI=1S/C5H11NO/c1-4-5(2)6(3)7/h4,6H,1-3H3/b5-4+. The molecule has 2 nitrogen and oxygen atoms in total. The summed E-state index contributed by atoms with van der Waals surface area (Å²) in [7, 11) is 1.56. The lowest BCUT2D eigenvalue weighted by Gasteiger charge is -2.14. The van der Waals surface area contributed by atoms with Crippen LogP contribution in [-0.4, -0.2) is 7.05 Å². The van der Waals surface area contributed by atoms with Crippen LogP contribution in [0.4, 0.5) is 0 Å². The summed E-state index contributed by atoms with van der Waals surface area (Å²) in [6, 6.07) is 0. The molecule has 0 bridgehead atoms. The molecule has 7 heavy (non-hydrogen) atoms. The summed E-state index contributed by atoms with van der Waals surface area (Å²) in [6.07, 6.45) is 1.81. The minimum Gasteiger partial charge on any atom is -0.629 e. The van der Waals surface area contributed by atoms with Crippen molar-refractivity contribution >= 4 is 0 Å². The van der Waals surface area contributed by atoms with Gasteiger partial charge in [0.1, 0.15) is 0 Å². The van der Waals surface area contributed by atoms with E-state index in [2.05, 4.69) is 0 Å². The molecule has 0 radical (unpaired) electrons. The Bertz CT molecular complexity index is 76.1. The molecule has 0 saturated carbocycles. The van der Waals surface area contributed by atoms with Gasteiger partial charge in [0.25, 0.3) is 0 Å². The molecule has 0 fully saturated rings. The lowest BCUT2D eigenvalue weighted by molar-refractivity contribution is -0.782. The summed E-state index contributed by atoms with van der Waals surface area (Å²) in [5.41, 5.74) is 0.833. The van der Waals surface area contributed by atoms with Crippen molar-refractivity contribution in [2.24, 2.45) is 0 Å². The van der Waals surface area contributed by atoms with Crippen LogP contribution in [0.3, 0.4) is 0 Å². The van der Waals surface area contributed by atoms with Gasteiger partial charge in [-0.3, -0.25) is 0 Å². The van der Waals surface area contributed by atoms with Crippen molar-refractivity contribution in [1.82, 2.24) is 0 Å². The van der Waals surface area contributed by atoms with E-state index in [1.54, 1.807) is 7.05 Å². The monoisotopic (exact) mass is 101 g/mol. The van der Waals surface area contributed by atoms with E-state index < -0.39 is 0 Å². The molecular formula is C5H11NO. The van der Waals surface area contributed by atoms with Crippen LogP contribution in [0.25, 0.3) is 0 Å². The minimum absolute atomic E-state index is 0.155. The highest BCUT2D eigenvalue weighted by Crippen LogP contribution is 1.72. The third-order valence-corrected chi connectivity index (χ3v) is 0.988. The zero-order valence-electron chi connectivity index (χ0n) is 4.99.